The molecule has 1 unspecified atom stereocenters. The van der Waals surface area contributed by atoms with Gasteiger partial charge in [-0.3, -0.25) is 9.78 Å². The average Bonchev–Trinajstić information content (AvgIpc) is 3.31. The standard InChI is InChI=1S/C26H23ClN6O3/c1-15-22(25(34)30-16-7-6-12-28-14-16)23(19-11-10-17(35-2)13-21(19)36-3)33-26(29-15)31-24(32-33)18-8-4-5-9-20(18)27/h4-14,23H,1-3H3,(H,30,34)(H,29,31,32). The number of ether oxygens (including phenoxy) is 2. The number of carbonyl (C=O) groups is 1. The SMILES string of the molecule is COc1ccc(C2C(C(=O)Nc3cccnc3)=C(C)Nc3nc(-c4ccccc4Cl)nn32)c(OC)c1. The summed E-state index contributed by atoms with van der Waals surface area (Å²) >= 11 is 6.43. The summed E-state index contributed by atoms with van der Waals surface area (Å²) < 4.78 is 12.8. The molecular weight excluding hydrogens is 480 g/mol. The van der Waals surface area contributed by atoms with Crippen LogP contribution in [-0.4, -0.2) is 39.9 Å². The molecule has 0 fully saturated rings. The quantitative estimate of drug-likeness (QED) is 0.385. The van der Waals surface area contributed by atoms with Gasteiger partial charge in [-0.2, -0.15) is 4.98 Å². The van der Waals surface area contributed by atoms with Crippen molar-refractivity contribution < 1.29 is 14.3 Å². The van der Waals surface area contributed by atoms with E-state index in [-0.39, 0.29) is 5.91 Å². The third kappa shape index (κ3) is 4.25. The number of benzene rings is 2. The van der Waals surface area contributed by atoms with Gasteiger partial charge in [-0.25, -0.2) is 4.68 Å². The van der Waals surface area contributed by atoms with E-state index in [4.69, 9.17) is 26.2 Å². The average molecular weight is 503 g/mol. The first-order valence-electron chi connectivity index (χ1n) is 11.1. The summed E-state index contributed by atoms with van der Waals surface area (Å²) in [5.74, 6) is 1.77. The van der Waals surface area contributed by atoms with Crippen molar-refractivity contribution in [2.24, 2.45) is 0 Å². The predicted molar refractivity (Wildman–Crippen MR) is 137 cm³/mol. The Morgan fingerprint density at radius 1 is 1.11 bits per heavy atom. The van der Waals surface area contributed by atoms with Gasteiger partial charge in [0, 0.05) is 29.1 Å². The fourth-order valence-electron chi connectivity index (χ4n) is 4.17. The molecule has 0 aliphatic carbocycles. The summed E-state index contributed by atoms with van der Waals surface area (Å²) in [5.41, 5.74) is 3.05. The molecule has 1 amide bonds. The lowest BCUT2D eigenvalue weighted by atomic mass is 9.94. The van der Waals surface area contributed by atoms with Gasteiger partial charge in [0.15, 0.2) is 5.82 Å². The van der Waals surface area contributed by atoms with E-state index in [9.17, 15) is 4.79 Å². The number of fused-ring (bicyclic) bond motifs is 1. The Bertz CT molecular complexity index is 1470. The maximum atomic E-state index is 13.6. The molecule has 0 spiro atoms. The summed E-state index contributed by atoms with van der Waals surface area (Å²) in [6.07, 6.45) is 3.23. The zero-order valence-electron chi connectivity index (χ0n) is 19.8. The zero-order chi connectivity index (χ0) is 25.2. The van der Waals surface area contributed by atoms with E-state index in [2.05, 4.69) is 20.6 Å². The maximum Gasteiger partial charge on any atom is 0.255 e. The highest BCUT2D eigenvalue weighted by Gasteiger charge is 2.36. The minimum atomic E-state index is -0.650. The van der Waals surface area contributed by atoms with Crippen molar-refractivity contribution in [1.82, 2.24) is 19.7 Å². The number of allylic oxidation sites excluding steroid dienone is 1. The summed E-state index contributed by atoms with van der Waals surface area (Å²) in [4.78, 5) is 22.4. The number of hydrogen-bond acceptors (Lipinski definition) is 7. The van der Waals surface area contributed by atoms with Crippen LogP contribution in [0.15, 0.2) is 78.3 Å². The number of rotatable bonds is 6. The lowest BCUT2D eigenvalue weighted by Gasteiger charge is -2.29. The third-order valence-electron chi connectivity index (χ3n) is 5.87. The molecule has 5 rings (SSSR count). The predicted octanol–water partition coefficient (Wildman–Crippen LogP) is 4.94. The van der Waals surface area contributed by atoms with E-state index in [1.165, 1.54) is 0 Å². The van der Waals surface area contributed by atoms with Crippen molar-refractivity contribution in [3.05, 3.63) is 88.8 Å². The van der Waals surface area contributed by atoms with Gasteiger partial charge < -0.3 is 20.1 Å². The zero-order valence-corrected chi connectivity index (χ0v) is 20.6. The van der Waals surface area contributed by atoms with Crippen LogP contribution in [0.25, 0.3) is 11.4 Å². The molecule has 182 valence electrons. The molecule has 36 heavy (non-hydrogen) atoms. The molecule has 1 atom stereocenters. The summed E-state index contributed by atoms with van der Waals surface area (Å²) in [6, 6.07) is 15.7. The molecule has 10 heteroatoms. The maximum absolute atomic E-state index is 13.6. The molecular formula is C26H23ClN6O3. The van der Waals surface area contributed by atoms with Crippen LogP contribution in [0.3, 0.4) is 0 Å². The van der Waals surface area contributed by atoms with Crippen LogP contribution < -0.4 is 20.1 Å². The molecule has 0 radical (unpaired) electrons. The molecule has 0 saturated heterocycles. The molecule has 1 aliphatic heterocycles. The van der Waals surface area contributed by atoms with E-state index in [1.807, 2.05) is 37.3 Å². The lowest BCUT2D eigenvalue weighted by molar-refractivity contribution is -0.113. The van der Waals surface area contributed by atoms with Gasteiger partial charge in [-0.05, 0) is 43.3 Å². The summed E-state index contributed by atoms with van der Waals surface area (Å²) in [7, 11) is 3.16. The van der Waals surface area contributed by atoms with Crippen molar-refractivity contribution in [3.8, 4) is 22.9 Å². The van der Waals surface area contributed by atoms with Crippen LogP contribution in [0.4, 0.5) is 11.6 Å². The lowest BCUT2D eigenvalue weighted by Crippen LogP contribution is -2.31. The number of nitrogens with one attached hydrogen (secondary N) is 2. The number of anilines is 2. The van der Waals surface area contributed by atoms with Crippen LogP contribution in [0.2, 0.25) is 5.02 Å². The minimum Gasteiger partial charge on any atom is -0.497 e. The highest BCUT2D eigenvalue weighted by Crippen LogP contribution is 2.41. The van der Waals surface area contributed by atoms with E-state index in [1.54, 1.807) is 55.6 Å². The number of amides is 1. The van der Waals surface area contributed by atoms with E-state index in [0.29, 0.717) is 56.4 Å². The summed E-state index contributed by atoms with van der Waals surface area (Å²) in [5, 5.41) is 11.5. The first-order valence-corrected chi connectivity index (χ1v) is 11.5. The molecule has 2 aromatic carbocycles. The Hall–Kier alpha value is -4.37. The van der Waals surface area contributed by atoms with Gasteiger partial charge in [0.1, 0.15) is 17.5 Å². The summed E-state index contributed by atoms with van der Waals surface area (Å²) in [6.45, 7) is 1.83. The molecule has 1 aliphatic rings. The molecule has 0 bridgehead atoms. The number of aromatic nitrogens is 4. The number of methoxy groups -OCH3 is 2. The highest BCUT2D eigenvalue weighted by atomic mass is 35.5. The normalized spacial score (nSPS) is 14.6. The number of nitrogens with zero attached hydrogens (tertiary/aromatic N) is 4. The van der Waals surface area contributed by atoms with Crippen LogP contribution in [0, 0.1) is 0 Å². The van der Waals surface area contributed by atoms with Gasteiger partial charge in [-0.1, -0.05) is 23.7 Å². The second-order valence-corrected chi connectivity index (χ2v) is 8.46. The Balaban J connectivity index is 1.67. The van der Waals surface area contributed by atoms with Gasteiger partial charge in [0.05, 0.1) is 36.7 Å². The van der Waals surface area contributed by atoms with Gasteiger partial charge in [-0.15, -0.1) is 5.10 Å². The van der Waals surface area contributed by atoms with Crippen molar-refractivity contribution in [1.29, 1.82) is 0 Å². The van der Waals surface area contributed by atoms with Crippen LogP contribution in [-0.2, 0) is 4.79 Å². The molecule has 2 N–H and O–H groups in total. The van der Waals surface area contributed by atoms with E-state index in [0.717, 1.165) is 0 Å². The van der Waals surface area contributed by atoms with Gasteiger partial charge >= 0.3 is 0 Å². The van der Waals surface area contributed by atoms with E-state index < -0.39 is 6.04 Å². The highest BCUT2D eigenvalue weighted by molar-refractivity contribution is 6.33. The Morgan fingerprint density at radius 3 is 2.67 bits per heavy atom. The van der Waals surface area contributed by atoms with Gasteiger partial charge in [0.25, 0.3) is 5.91 Å². The smallest absolute Gasteiger partial charge is 0.255 e. The monoisotopic (exact) mass is 502 g/mol. The van der Waals surface area contributed by atoms with Crippen molar-refractivity contribution in [2.45, 2.75) is 13.0 Å². The second-order valence-electron chi connectivity index (χ2n) is 8.05. The largest absolute Gasteiger partial charge is 0.497 e. The first kappa shape index (κ1) is 23.4. The molecule has 0 saturated carbocycles. The number of carbonyl (C=O) groups excluding carboxylic acids is 1. The third-order valence-corrected chi connectivity index (χ3v) is 6.20. The molecule has 3 heterocycles. The van der Waals surface area contributed by atoms with Gasteiger partial charge in [0.2, 0.25) is 5.95 Å². The Kier molecular flexibility index (Phi) is 6.30. The Morgan fingerprint density at radius 2 is 1.94 bits per heavy atom. The molecule has 2 aromatic heterocycles. The fraction of sp³-hybridized carbons (Fsp3) is 0.154. The number of hydrogen-bond donors (Lipinski definition) is 2. The number of halogens is 1. The fourth-order valence-corrected chi connectivity index (χ4v) is 4.39. The van der Waals surface area contributed by atoms with Crippen LogP contribution >= 0.6 is 11.6 Å². The first-order chi connectivity index (χ1) is 17.5. The second kappa shape index (κ2) is 9.71. The van der Waals surface area contributed by atoms with Crippen LogP contribution in [0.1, 0.15) is 18.5 Å². The minimum absolute atomic E-state index is 0.309. The Labute approximate surface area is 212 Å². The molecule has 9 nitrogen and oxygen atoms in total. The number of pyridine rings is 1. The van der Waals surface area contributed by atoms with Crippen LogP contribution in [0.5, 0.6) is 11.5 Å². The van der Waals surface area contributed by atoms with Crippen molar-refractivity contribution in [3.63, 3.8) is 0 Å². The topological polar surface area (TPSA) is 103 Å². The molecule has 4 aromatic rings. The van der Waals surface area contributed by atoms with Crippen molar-refractivity contribution >= 4 is 29.1 Å². The van der Waals surface area contributed by atoms with Crippen molar-refractivity contribution in [2.75, 3.05) is 24.9 Å². The van der Waals surface area contributed by atoms with E-state index >= 15 is 0 Å².